The molecule has 0 radical (unpaired) electrons. The summed E-state index contributed by atoms with van der Waals surface area (Å²) in [5.41, 5.74) is 2.97. The lowest BCUT2D eigenvalue weighted by atomic mass is 9.86. The maximum Gasteiger partial charge on any atom is 0.0478 e. The summed E-state index contributed by atoms with van der Waals surface area (Å²) in [6.45, 7) is 13.9. The van der Waals surface area contributed by atoms with Crippen LogP contribution in [0, 0.1) is 0 Å². The molecular weight excluding hydrogens is 246 g/mol. The fourth-order valence-corrected chi connectivity index (χ4v) is 2.13. The van der Waals surface area contributed by atoms with E-state index in [4.69, 9.17) is 4.74 Å². The van der Waals surface area contributed by atoms with E-state index in [0.29, 0.717) is 6.04 Å². The van der Waals surface area contributed by atoms with E-state index < -0.39 is 0 Å². The second-order valence-electron chi connectivity index (χ2n) is 6.51. The summed E-state index contributed by atoms with van der Waals surface area (Å²) >= 11 is 0. The molecule has 114 valence electrons. The van der Waals surface area contributed by atoms with E-state index in [1.165, 1.54) is 11.1 Å². The molecule has 0 aliphatic heterocycles. The average molecular weight is 277 g/mol. The highest BCUT2D eigenvalue weighted by Gasteiger charge is 2.13. The monoisotopic (exact) mass is 277 g/mol. The fourth-order valence-electron chi connectivity index (χ4n) is 2.13. The summed E-state index contributed by atoms with van der Waals surface area (Å²) in [7, 11) is 0. The van der Waals surface area contributed by atoms with Gasteiger partial charge in [0, 0.05) is 19.3 Å². The second-order valence-corrected chi connectivity index (χ2v) is 6.51. The molecule has 0 spiro atoms. The van der Waals surface area contributed by atoms with Gasteiger partial charge in [-0.05, 0) is 42.9 Å². The molecule has 0 bridgehead atoms. The van der Waals surface area contributed by atoms with E-state index in [2.05, 4.69) is 64.2 Å². The second kappa shape index (κ2) is 8.43. The SMILES string of the molecule is CCCOCCCNC(C)c1ccc(C(C)(C)C)cc1. The Morgan fingerprint density at radius 1 is 1.10 bits per heavy atom. The van der Waals surface area contributed by atoms with Crippen LogP contribution in [-0.2, 0) is 10.2 Å². The summed E-state index contributed by atoms with van der Waals surface area (Å²) in [6.07, 6.45) is 2.17. The largest absolute Gasteiger partial charge is 0.381 e. The first-order valence-electron chi connectivity index (χ1n) is 7.86. The van der Waals surface area contributed by atoms with Crippen molar-refractivity contribution in [3.63, 3.8) is 0 Å². The number of nitrogens with one attached hydrogen (secondary N) is 1. The van der Waals surface area contributed by atoms with E-state index in [-0.39, 0.29) is 5.41 Å². The van der Waals surface area contributed by atoms with Crippen LogP contribution in [0.4, 0.5) is 0 Å². The molecule has 0 saturated carbocycles. The Morgan fingerprint density at radius 3 is 2.30 bits per heavy atom. The van der Waals surface area contributed by atoms with Gasteiger partial charge in [0.15, 0.2) is 0 Å². The van der Waals surface area contributed by atoms with Gasteiger partial charge < -0.3 is 10.1 Å². The Bertz CT molecular complexity index is 364. The first kappa shape index (κ1) is 17.2. The van der Waals surface area contributed by atoms with Crippen LogP contribution in [0.15, 0.2) is 24.3 Å². The van der Waals surface area contributed by atoms with Gasteiger partial charge in [0.1, 0.15) is 0 Å². The lowest BCUT2D eigenvalue weighted by Crippen LogP contribution is -2.21. The predicted molar refractivity (Wildman–Crippen MR) is 87.3 cm³/mol. The normalized spacial score (nSPS) is 13.4. The molecule has 0 fully saturated rings. The van der Waals surface area contributed by atoms with Crippen molar-refractivity contribution in [1.29, 1.82) is 0 Å². The molecule has 1 atom stereocenters. The third-order valence-corrected chi connectivity index (χ3v) is 3.54. The molecule has 0 aliphatic rings. The zero-order valence-electron chi connectivity index (χ0n) is 13.8. The van der Waals surface area contributed by atoms with Crippen LogP contribution >= 0.6 is 0 Å². The van der Waals surface area contributed by atoms with Gasteiger partial charge >= 0.3 is 0 Å². The molecule has 0 aromatic heterocycles. The highest BCUT2D eigenvalue weighted by Crippen LogP contribution is 2.23. The molecule has 1 aromatic carbocycles. The highest BCUT2D eigenvalue weighted by molar-refractivity contribution is 5.28. The van der Waals surface area contributed by atoms with Crippen LogP contribution in [0.3, 0.4) is 0 Å². The Kier molecular flexibility index (Phi) is 7.25. The summed E-state index contributed by atoms with van der Waals surface area (Å²) in [5.74, 6) is 0. The molecule has 2 heteroatoms. The van der Waals surface area contributed by atoms with E-state index >= 15 is 0 Å². The minimum absolute atomic E-state index is 0.228. The van der Waals surface area contributed by atoms with Crippen molar-refractivity contribution in [3.05, 3.63) is 35.4 Å². The van der Waals surface area contributed by atoms with Crippen LogP contribution in [0.2, 0.25) is 0 Å². The van der Waals surface area contributed by atoms with Crippen molar-refractivity contribution in [2.45, 2.75) is 58.9 Å². The molecule has 1 unspecified atom stereocenters. The maximum absolute atomic E-state index is 5.48. The number of rotatable bonds is 8. The zero-order valence-corrected chi connectivity index (χ0v) is 13.8. The standard InChI is InChI=1S/C18H31NO/c1-6-13-20-14-7-12-19-15(2)16-8-10-17(11-9-16)18(3,4)5/h8-11,15,19H,6-7,12-14H2,1-5H3. The molecule has 1 aromatic rings. The van der Waals surface area contributed by atoms with Crippen molar-refractivity contribution < 1.29 is 4.74 Å². The number of ether oxygens (including phenoxy) is 1. The van der Waals surface area contributed by atoms with Crippen molar-refractivity contribution in [1.82, 2.24) is 5.32 Å². The highest BCUT2D eigenvalue weighted by atomic mass is 16.5. The Morgan fingerprint density at radius 2 is 1.75 bits per heavy atom. The molecular formula is C18H31NO. The maximum atomic E-state index is 5.48. The smallest absolute Gasteiger partial charge is 0.0478 e. The topological polar surface area (TPSA) is 21.3 Å². The van der Waals surface area contributed by atoms with Crippen molar-refractivity contribution >= 4 is 0 Å². The first-order valence-corrected chi connectivity index (χ1v) is 7.86. The van der Waals surface area contributed by atoms with Crippen LogP contribution in [0.1, 0.15) is 64.6 Å². The third kappa shape index (κ3) is 6.06. The van der Waals surface area contributed by atoms with Gasteiger partial charge in [-0.25, -0.2) is 0 Å². The fraction of sp³-hybridized carbons (Fsp3) is 0.667. The van der Waals surface area contributed by atoms with Crippen LogP contribution < -0.4 is 5.32 Å². The van der Waals surface area contributed by atoms with Gasteiger partial charge in [-0.3, -0.25) is 0 Å². The Labute approximate surface area is 124 Å². The Balaban J connectivity index is 2.34. The molecule has 1 rings (SSSR count). The van der Waals surface area contributed by atoms with Crippen LogP contribution in [0.5, 0.6) is 0 Å². The lowest BCUT2D eigenvalue weighted by Gasteiger charge is -2.20. The molecule has 2 nitrogen and oxygen atoms in total. The van der Waals surface area contributed by atoms with E-state index in [1.54, 1.807) is 0 Å². The molecule has 0 saturated heterocycles. The number of hydrogen-bond acceptors (Lipinski definition) is 2. The first-order chi connectivity index (χ1) is 9.45. The van der Waals surface area contributed by atoms with Crippen LogP contribution in [0.25, 0.3) is 0 Å². The summed E-state index contributed by atoms with van der Waals surface area (Å²) < 4.78 is 5.48. The van der Waals surface area contributed by atoms with Crippen molar-refractivity contribution in [2.24, 2.45) is 0 Å². The van der Waals surface area contributed by atoms with Gasteiger partial charge in [-0.2, -0.15) is 0 Å². The summed E-state index contributed by atoms with van der Waals surface area (Å²) in [6, 6.07) is 9.38. The van der Waals surface area contributed by atoms with E-state index in [1.807, 2.05) is 0 Å². The zero-order chi connectivity index (χ0) is 15.0. The Hall–Kier alpha value is -0.860. The quantitative estimate of drug-likeness (QED) is 0.709. The van der Waals surface area contributed by atoms with Gasteiger partial charge in [0.2, 0.25) is 0 Å². The van der Waals surface area contributed by atoms with E-state index in [9.17, 15) is 0 Å². The molecule has 0 aliphatic carbocycles. The minimum Gasteiger partial charge on any atom is -0.381 e. The molecule has 0 amide bonds. The van der Waals surface area contributed by atoms with Gasteiger partial charge in [-0.15, -0.1) is 0 Å². The average Bonchev–Trinajstić information content (AvgIpc) is 2.41. The number of benzene rings is 1. The van der Waals surface area contributed by atoms with E-state index in [0.717, 1.165) is 32.6 Å². The molecule has 20 heavy (non-hydrogen) atoms. The summed E-state index contributed by atoms with van der Waals surface area (Å²) in [4.78, 5) is 0. The van der Waals surface area contributed by atoms with Crippen molar-refractivity contribution in [2.75, 3.05) is 19.8 Å². The van der Waals surface area contributed by atoms with Gasteiger partial charge in [0.05, 0.1) is 0 Å². The van der Waals surface area contributed by atoms with Crippen LogP contribution in [-0.4, -0.2) is 19.8 Å². The van der Waals surface area contributed by atoms with Gasteiger partial charge in [0.25, 0.3) is 0 Å². The third-order valence-electron chi connectivity index (χ3n) is 3.54. The predicted octanol–water partition coefficient (Wildman–Crippen LogP) is 4.45. The van der Waals surface area contributed by atoms with Crippen molar-refractivity contribution in [3.8, 4) is 0 Å². The summed E-state index contributed by atoms with van der Waals surface area (Å²) in [5, 5.41) is 3.55. The lowest BCUT2D eigenvalue weighted by molar-refractivity contribution is 0.132. The molecule has 1 N–H and O–H groups in total. The minimum atomic E-state index is 0.228. The molecule has 0 heterocycles. The van der Waals surface area contributed by atoms with Gasteiger partial charge in [-0.1, -0.05) is 52.0 Å². The number of hydrogen-bond donors (Lipinski definition) is 1.